The first-order valence-corrected chi connectivity index (χ1v) is 7.71. The van der Waals surface area contributed by atoms with Crippen molar-refractivity contribution in [2.24, 2.45) is 0 Å². The van der Waals surface area contributed by atoms with E-state index >= 15 is 0 Å². The van der Waals surface area contributed by atoms with E-state index in [1.165, 1.54) is 0 Å². The summed E-state index contributed by atoms with van der Waals surface area (Å²) in [6.07, 6.45) is -0.793. The Morgan fingerprint density at radius 2 is 1.83 bits per heavy atom. The summed E-state index contributed by atoms with van der Waals surface area (Å²) in [4.78, 5) is 23.8. The Morgan fingerprint density at radius 1 is 1.08 bits per heavy atom. The number of rotatable bonds is 6. The van der Waals surface area contributed by atoms with E-state index in [2.05, 4.69) is 5.32 Å². The molecule has 1 amide bonds. The van der Waals surface area contributed by atoms with Gasteiger partial charge in [0.05, 0.1) is 0 Å². The molecule has 5 nitrogen and oxygen atoms in total. The summed E-state index contributed by atoms with van der Waals surface area (Å²) < 4.78 is 10.5. The van der Waals surface area contributed by atoms with Crippen molar-refractivity contribution in [3.63, 3.8) is 0 Å². The summed E-state index contributed by atoms with van der Waals surface area (Å²) in [5.74, 6) is -0.388. The number of carbonyl (C=O) groups excluding carboxylic acids is 2. The standard InChI is InChI=1S/C19H21NO4/c1-13-7-6-9-16(11-13)24-15(3)19(22)23-12-18(21)20-17-10-5-4-8-14(17)2/h4-11,15H,12H2,1-3H3,(H,20,21)/t15-/m1/s1. The van der Waals surface area contributed by atoms with Crippen molar-refractivity contribution >= 4 is 17.6 Å². The molecular weight excluding hydrogens is 306 g/mol. The normalized spacial score (nSPS) is 11.5. The summed E-state index contributed by atoms with van der Waals surface area (Å²) in [5.41, 5.74) is 2.67. The van der Waals surface area contributed by atoms with Crippen molar-refractivity contribution in [1.29, 1.82) is 0 Å². The van der Waals surface area contributed by atoms with Crippen molar-refractivity contribution in [3.05, 3.63) is 59.7 Å². The van der Waals surface area contributed by atoms with Crippen LogP contribution in [0.25, 0.3) is 0 Å². The number of hydrogen-bond donors (Lipinski definition) is 1. The quantitative estimate of drug-likeness (QED) is 0.827. The molecule has 1 N–H and O–H groups in total. The first kappa shape index (κ1) is 17.5. The lowest BCUT2D eigenvalue weighted by Gasteiger charge is -2.14. The van der Waals surface area contributed by atoms with Crippen LogP contribution in [-0.2, 0) is 14.3 Å². The fourth-order valence-electron chi connectivity index (χ4n) is 2.09. The van der Waals surface area contributed by atoms with Crippen LogP contribution in [-0.4, -0.2) is 24.6 Å². The minimum Gasteiger partial charge on any atom is -0.479 e. The average molecular weight is 327 g/mol. The van der Waals surface area contributed by atoms with Crippen LogP contribution in [0.3, 0.4) is 0 Å². The molecule has 0 saturated carbocycles. The summed E-state index contributed by atoms with van der Waals surface area (Å²) in [5, 5.41) is 2.70. The highest BCUT2D eigenvalue weighted by Crippen LogP contribution is 2.15. The molecule has 0 bridgehead atoms. The Labute approximate surface area is 141 Å². The summed E-state index contributed by atoms with van der Waals surface area (Å²) in [6.45, 7) is 5.06. The zero-order valence-electron chi connectivity index (χ0n) is 14.0. The molecule has 0 spiro atoms. The number of nitrogens with one attached hydrogen (secondary N) is 1. The lowest BCUT2D eigenvalue weighted by Crippen LogP contribution is -2.29. The average Bonchev–Trinajstić information content (AvgIpc) is 2.54. The number of benzene rings is 2. The predicted octanol–water partition coefficient (Wildman–Crippen LogP) is 3.25. The van der Waals surface area contributed by atoms with Crippen LogP contribution in [0, 0.1) is 13.8 Å². The molecular formula is C19H21NO4. The van der Waals surface area contributed by atoms with Gasteiger partial charge < -0.3 is 14.8 Å². The molecule has 0 aliphatic heterocycles. The van der Waals surface area contributed by atoms with Gasteiger partial charge in [0, 0.05) is 5.69 Å². The number of amides is 1. The van der Waals surface area contributed by atoms with Crippen molar-refractivity contribution in [3.8, 4) is 5.75 Å². The smallest absolute Gasteiger partial charge is 0.347 e. The maximum Gasteiger partial charge on any atom is 0.347 e. The summed E-state index contributed by atoms with van der Waals surface area (Å²) in [7, 11) is 0. The maximum absolute atomic E-state index is 11.9. The SMILES string of the molecule is Cc1cccc(O[C@H](C)C(=O)OCC(=O)Nc2ccccc2C)c1. The van der Waals surface area contributed by atoms with Crippen LogP contribution in [0.2, 0.25) is 0 Å². The van der Waals surface area contributed by atoms with Crippen LogP contribution in [0.5, 0.6) is 5.75 Å². The summed E-state index contributed by atoms with van der Waals surface area (Å²) in [6, 6.07) is 14.8. The zero-order valence-corrected chi connectivity index (χ0v) is 14.0. The van der Waals surface area contributed by atoms with Crippen LogP contribution >= 0.6 is 0 Å². The molecule has 1 atom stereocenters. The lowest BCUT2D eigenvalue weighted by molar-refractivity contribution is -0.153. The minimum atomic E-state index is -0.793. The molecule has 0 radical (unpaired) electrons. The van der Waals surface area contributed by atoms with Crippen molar-refractivity contribution in [2.75, 3.05) is 11.9 Å². The second-order valence-electron chi connectivity index (χ2n) is 5.55. The highest BCUT2D eigenvalue weighted by molar-refractivity contribution is 5.93. The fourth-order valence-corrected chi connectivity index (χ4v) is 2.09. The first-order chi connectivity index (χ1) is 11.5. The molecule has 2 rings (SSSR count). The van der Waals surface area contributed by atoms with Gasteiger partial charge in [0.15, 0.2) is 12.7 Å². The van der Waals surface area contributed by atoms with Crippen LogP contribution < -0.4 is 10.1 Å². The Kier molecular flexibility index (Phi) is 5.95. The van der Waals surface area contributed by atoms with E-state index in [-0.39, 0.29) is 12.5 Å². The number of anilines is 1. The third-order valence-electron chi connectivity index (χ3n) is 3.40. The fraction of sp³-hybridized carbons (Fsp3) is 0.263. The Morgan fingerprint density at radius 3 is 2.54 bits per heavy atom. The van der Waals surface area contributed by atoms with E-state index in [4.69, 9.17) is 9.47 Å². The molecule has 0 unspecified atom stereocenters. The van der Waals surface area contributed by atoms with Crippen LogP contribution in [0.1, 0.15) is 18.1 Å². The molecule has 0 saturated heterocycles. The van der Waals surface area contributed by atoms with Gasteiger partial charge in [-0.15, -0.1) is 0 Å². The molecule has 0 aliphatic carbocycles. The number of aryl methyl sites for hydroxylation is 2. The molecule has 0 aliphatic rings. The molecule has 0 heterocycles. The van der Waals surface area contributed by atoms with E-state index in [1.807, 2.05) is 50.2 Å². The van der Waals surface area contributed by atoms with E-state index in [0.29, 0.717) is 11.4 Å². The number of para-hydroxylation sites is 1. The van der Waals surface area contributed by atoms with Gasteiger partial charge in [-0.3, -0.25) is 4.79 Å². The second kappa shape index (κ2) is 8.15. The zero-order chi connectivity index (χ0) is 17.5. The third-order valence-corrected chi connectivity index (χ3v) is 3.40. The maximum atomic E-state index is 11.9. The molecule has 5 heteroatoms. The highest BCUT2D eigenvalue weighted by Gasteiger charge is 2.18. The monoisotopic (exact) mass is 327 g/mol. The Bertz CT molecular complexity index is 727. The van der Waals surface area contributed by atoms with Gasteiger partial charge in [-0.1, -0.05) is 30.3 Å². The number of esters is 1. The largest absolute Gasteiger partial charge is 0.479 e. The Balaban J connectivity index is 1.81. The van der Waals surface area contributed by atoms with E-state index in [9.17, 15) is 9.59 Å². The third kappa shape index (κ3) is 5.12. The van der Waals surface area contributed by atoms with Gasteiger partial charge >= 0.3 is 5.97 Å². The minimum absolute atomic E-state index is 0.352. The molecule has 126 valence electrons. The van der Waals surface area contributed by atoms with Gasteiger partial charge in [-0.05, 0) is 50.1 Å². The summed E-state index contributed by atoms with van der Waals surface area (Å²) >= 11 is 0. The molecule has 2 aromatic rings. The number of ether oxygens (including phenoxy) is 2. The van der Waals surface area contributed by atoms with E-state index < -0.39 is 12.1 Å². The van der Waals surface area contributed by atoms with Gasteiger partial charge in [-0.2, -0.15) is 0 Å². The number of carbonyl (C=O) groups is 2. The van der Waals surface area contributed by atoms with Crippen molar-refractivity contribution < 1.29 is 19.1 Å². The van der Waals surface area contributed by atoms with Crippen LogP contribution in [0.4, 0.5) is 5.69 Å². The van der Waals surface area contributed by atoms with Crippen LogP contribution in [0.15, 0.2) is 48.5 Å². The van der Waals surface area contributed by atoms with E-state index in [0.717, 1.165) is 11.1 Å². The number of hydrogen-bond acceptors (Lipinski definition) is 4. The van der Waals surface area contributed by atoms with E-state index in [1.54, 1.807) is 19.1 Å². The predicted molar refractivity (Wildman–Crippen MR) is 92.0 cm³/mol. The highest BCUT2D eigenvalue weighted by atomic mass is 16.6. The van der Waals surface area contributed by atoms with Gasteiger partial charge in [0.25, 0.3) is 5.91 Å². The van der Waals surface area contributed by atoms with Gasteiger partial charge in [0.1, 0.15) is 5.75 Å². The molecule has 0 fully saturated rings. The lowest BCUT2D eigenvalue weighted by atomic mass is 10.2. The Hall–Kier alpha value is -2.82. The van der Waals surface area contributed by atoms with Crippen molar-refractivity contribution in [1.82, 2.24) is 0 Å². The molecule has 24 heavy (non-hydrogen) atoms. The second-order valence-corrected chi connectivity index (χ2v) is 5.55. The topological polar surface area (TPSA) is 64.6 Å². The first-order valence-electron chi connectivity index (χ1n) is 7.71. The van der Waals surface area contributed by atoms with Gasteiger partial charge in [0.2, 0.25) is 0 Å². The van der Waals surface area contributed by atoms with Gasteiger partial charge in [-0.25, -0.2) is 4.79 Å². The molecule has 2 aromatic carbocycles. The van der Waals surface area contributed by atoms with Crippen molar-refractivity contribution in [2.45, 2.75) is 26.9 Å². The molecule has 0 aromatic heterocycles.